The maximum atomic E-state index is 12.5. The number of carbonyl (C=O) groups is 1. The number of imidazole rings is 1. The van der Waals surface area contributed by atoms with E-state index < -0.39 is 0 Å². The molecular weight excluding hydrogens is 304 g/mol. The molecule has 0 saturated carbocycles. The molecule has 112 valence electrons. The van der Waals surface area contributed by atoms with Crippen LogP contribution < -0.4 is 11.1 Å². The van der Waals surface area contributed by atoms with Crippen molar-refractivity contribution >= 4 is 40.0 Å². The number of pyridine rings is 2. The minimum absolute atomic E-state index is 0.281. The van der Waals surface area contributed by atoms with Crippen LogP contribution in [0.3, 0.4) is 0 Å². The summed E-state index contributed by atoms with van der Waals surface area (Å²) in [5, 5.41) is 2.80. The van der Waals surface area contributed by atoms with Gasteiger partial charge < -0.3 is 15.6 Å². The lowest BCUT2D eigenvalue weighted by Gasteiger charge is -2.09. The second-order valence-corrected chi connectivity index (χ2v) is 4.95. The highest BCUT2D eigenvalue weighted by Crippen LogP contribution is 2.22. The molecular formula is C14H13ClN6O. The van der Waals surface area contributed by atoms with E-state index >= 15 is 0 Å². The molecule has 0 unspecified atom stereocenters. The molecule has 0 bridgehead atoms. The average molecular weight is 317 g/mol. The Balaban J connectivity index is 2.04. The predicted octanol–water partition coefficient (Wildman–Crippen LogP) is 1.90. The summed E-state index contributed by atoms with van der Waals surface area (Å²) < 4.78 is 1.79. The predicted molar refractivity (Wildman–Crippen MR) is 84.9 cm³/mol. The number of amides is 1. The molecule has 0 atom stereocenters. The molecule has 8 heteroatoms. The number of aromatic nitrogens is 4. The number of hydrogen-bond acceptors (Lipinski definition) is 5. The highest BCUT2D eigenvalue weighted by Gasteiger charge is 2.17. The largest absolute Gasteiger partial charge is 0.382 e. The van der Waals surface area contributed by atoms with Gasteiger partial charge in [0.1, 0.15) is 5.52 Å². The van der Waals surface area contributed by atoms with Crippen molar-refractivity contribution in [3.8, 4) is 0 Å². The molecule has 0 aliphatic rings. The zero-order chi connectivity index (χ0) is 15.5. The third-order valence-corrected chi connectivity index (χ3v) is 3.35. The van der Waals surface area contributed by atoms with E-state index in [0.29, 0.717) is 34.7 Å². The first-order chi connectivity index (χ1) is 10.7. The van der Waals surface area contributed by atoms with Crippen LogP contribution in [0.4, 0.5) is 11.5 Å². The Hall–Kier alpha value is -2.67. The molecule has 3 N–H and O–H groups in total. The minimum atomic E-state index is -0.292. The monoisotopic (exact) mass is 316 g/mol. The zero-order valence-corrected chi connectivity index (χ0v) is 12.3. The molecule has 0 saturated heterocycles. The topological polar surface area (TPSA) is 98.7 Å². The van der Waals surface area contributed by atoms with Gasteiger partial charge in [-0.25, -0.2) is 9.97 Å². The van der Waals surface area contributed by atoms with Gasteiger partial charge in [0.25, 0.3) is 5.91 Å². The molecule has 22 heavy (non-hydrogen) atoms. The van der Waals surface area contributed by atoms with E-state index in [2.05, 4.69) is 20.3 Å². The lowest BCUT2D eigenvalue weighted by atomic mass is 10.2. The van der Waals surface area contributed by atoms with E-state index in [1.807, 2.05) is 0 Å². The van der Waals surface area contributed by atoms with Crippen molar-refractivity contribution in [1.82, 2.24) is 19.5 Å². The van der Waals surface area contributed by atoms with Gasteiger partial charge in [-0.2, -0.15) is 0 Å². The quantitative estimate of drug-likeness (QED) is 0.716. The fraction of sp³-hybridized carbons (Fsp3) is 0.143. The number of hydrogen-bond donors (Lipinski definition) is 2. The molecule has 0 spiro atoms. The molecule has 0 fully saturated rings. The van der Waals surface area contributed by atoms with E-state index in [9.17, 15) is 4.79 Å². The summed E-state index contributed by atoms with van der Waals surface area (Å²) in [5.41, 5.74) is 7.98. The average Bonchev–Trinajstić information content (AvgIpc) is 2.94. The molecule has 7 nitrogen and oxygen atoms in total. The van der Waals surface area contributed by atoms with Gasteiger partial charge in [-0.05, 0) is 12.1 Å². The van der Waals surface area contributed by atoms with Crippen LogP contribution in [-0.2, 0) is 6.54 Å². The Morgan fingerprint density at radius 3 is 2.82 bits per heavy atom. The second kappa shape index (κ2) is 5.98. The molecule has 3 heterocycles. The Morgan fingerprint density at radius 2 is 2.09 bits per heavy atom. The number of carbonyl (C=O) groups excluding carboxylic acids is 1. The Morgan fingerprint density at radius 1 is 1.32 bits per heavy atom. The first kappa shape index (κ1) is 14.3. The molecule has 0 aliphatic carbocycles. The van der Waals surface area contributed by atoms with E-state index in [4.69, 9.17) is 17.3 Å². The number of anilines is 2. The standard InChI is InChI=1S/C14H13ClN6O/c15-3-6-21-8-19-11-12(21)10(7-18-13(11)16)14(22)20-9-1-4-17-5-2-9/h1-2,4-5,7-8H,3,6H2,(H2,16,18)(H,17,20,22). The maximum Gasteiger partial charge on any atom is 0.259 e. The third kappa shape index (κ3) is 2.58. The van der Waals surface area contributed by atoms with Crippen LogP contribution in [0.25, 0.3) is 11.0 Å². The molecule has 3 rings (SSSR count). The van der Waals surface area contributed by atoms with Crippen LogP contribution in [0.2, 0.25) is 0 Å². The number of rotatable bonds is 4. The molecule has 0 aromatic carbocycles. The summed E-state index contributed by atoms with van der Waals surface area (Å²) in [6.45, 7) is 0.525. The summed E-state index contributed by atoms with van der Waals surface area (Å²) in [6, 6.07) is 3.41. The van der Waals surface area contributed by atoms with Gasteiger partial charge in [0, 0.05) is 36.7 Å². The Kier molecular flexibility index (Phi) is 3.88. The van der Waals surface area contributed by atoms with Crippen molar-refractivity contribution in [2.24, 2.45) is 0 Å². The van der Waals surface area contributed by atoms with Crippen LogP contribution >= 0.6 is 11.6 Å². The Labute approximate surface area is 131 Å². The highest BCUT2D eigenvalue weighted by molar-refractivity contribution is 6.18. The number of halogens is 1. The van der Waals surface area contributed by atoms with Crippen molar-refractivity contribution in [1.29, 1.82) is 0 Å². The van der Waals surface area contributed by atoms with Gasteiger partial charge in [-0.15, -0.1) is 11.6 Å². The summed E-state index contributed by atoms with van der Waals surface area (Å²) in [5.74, 6) is 0.392. The summed E-state index contributed by atoms with van der Waals surface area (Å²) in [6.07, 6.45) is 6.25. The van der Waals surface area contributed by atoms with Gasteiger partial charge in [0.2, 0.25) is 0 Å². The first-order valence-electron chi connectivity index (χ1n) is 6.57. The molecule has 1 amide bonds. The van der Waals surface area contributed by atoms with E-state index in [-0.39, 0.29) is 11.7 Å². The van der Waals surface area contributed by atoms with E-state index in [0.717, 1.165) is 0 Å². The fourth-order valence-electron chi connectivity index (χ4n) is 2.17. The number of aryl methyl sites for hydroxylation is 1. The van der Waals surface area contributed by atoms with Crippen molar-refractivity contribution in [3.05, 3.63) is 42.6 Å². The van der Waals surface area contributed by atoms with Gasteiger partial charge in [-0.3, -0.25) is 9.78 Å². The molecule has 0 radical (unpaired) electrons. The first-order valence-corrected chi connectivity index (χ1v) is 7.11. The number of fused-ring (bicyclic) bond motifs is 1. The number of nitrogen functional groups attached to an aromatic ring is 1. The normalized spacial score (nSPS) is 10.8. The number of nitrogens with one attached hydrogen (secondary N) is 1. The molecule has 3 aromatic heterocycles. The van der Waals surface area contributed by atoms with Crippen LogP contribution in [0.1, 0.15) is 10.4 Å². The number of nitrogens with zero attached hydrogens (tertiary/aromatic N) is 4. The second-order valence-electron chi connectivity index (χ2n) is 4.57. The highest BCUT2D eigenvalue weighted by atomic mass is 35.5. The summed E-state index contributed by atoms with van der Waals surface area (Å²) in [7, 11) is 0. The van der Waals surface area contributed by atoms with E-state index in [1.54, 1.807) is 35.4 Å². The van der Waals surface area contributed by atoms with Crippen molar-refractivity contribution < 1.29 is 4.79 Å². The zero-order valence-electron chi connectivity index (χ0n) is 11.5. The van der Waals surface area contributed by atoms with E-state index in [1.165, 1.54) is 6.20 Å². The van der Waals surface area contributed by atoms with Crippen LogP contribution in [0.5, 0.6) is 0 Å². The molecule has 3 aromatic rings. The SMILES string of the molecule is Nc1ncc(C(=O)Nc2ccncc2)c2c1ncn2CCCl. The lowest BCUT2D eigenvalue weighted by molar-refractivity contribution is 0.102. The van der Waals surface area contributed by atoms with Crippen LogP contribution in [-0.4, -0.2) is 31.3 Å². The van der Waals surface area contributed by atoms with Gasteiger partial charge in [-0.1, -0.05) is 0 Å². The van der Waals surface area contributed by atoms with Crippen molar-refractivity contribution in [2.45, 2.75) is 6.54 Å². The van der Waals surface area contributed by atoms with Gasteiger partial charge in [0.15, 0.2) is 5.82 Å². The van der Waals surface area contributed by atoms with Crippen molar-refractivity contribution in [3.63, 3.8) is 0 Å². The third-order valence-electron chi connectivity index (χ3n) is 3.18. The van der Waals surface area contributed by atoms with Crippen molar-refractivity contribution in [2.75, 3.05) is 16.9 Å². The fourth-order valence-corrected chi connectivity index (χ4v) is 2.35. The number of nitrogens with two attached hydrogens (primary N) is 1. The van der Waals surface area contributed by atoms with Crippen LogP contribution in [0.15, 0.2) is 37.1 Å². The Bertz CT molecular complexity index is 817. The van der Waals surface area contributed by atoms with Crippen LogP contribution in [0, 0.1) is 0 Å². The lowest BCUT2D eigenvalue weighted by Crippen LogP contribution is -2.15. The summed E-state index contributed by atoms with van der Waals surface area (Å²) >= 11 is 5.79. The summed E-state index contributed by atoms with van der Waals surface area (Å²) in [4.78, 5) is 24.7. The smallest absolute Gasteiger partial charge is 0.259 e. The van der Waals surface area contributed by atoms with Gasteiger partial charge in [0.05, 0.1) is 17.4 Å². The minimum Gasteiger partial charge on any atom is -0.382 e. The number of alkyl halides is 1. The maximum absolute atomic E-state index is 12.5. The molecule has 0 aliphatic heterocycles. The van der Waals surface area contributed by atoms with Gasteiger partial charge >= 0.3 is 0 Å².